The summed E-state index contributed by atoms with van der Waals surface area (Å²) in [6.07, 6.45) is 0. The van der Waals surface area contributed by atoms with E-state index >= 15 is 0 Å². The minimum atomic E-state index is 0.131. The van der Waals surface area contributed by atoms with Gasteiger partial charge in [-0.2, -0.15) is 0 Å². The minimum Gasteiger partial charge on any atom is -0.373 e. The van der Waals surface area contributed by atoms with Crippen molar-refractivity contribution in [1.82, 2.24) is 14.9 Å². The summed E-state index contributed by atoms with van der Waals surface area (Å²) in [7, 11) is 3.70. The Labute approximate surface area is 120 Å². The molecule has 0 radical (unpaired) electrons. The second-order valence-corrected chi connectivity index (χ2v) is 5.52. The highest BCUT2D eigenvalue weighted by Crippen LogP contribution is 2.26. The van der Waals surface area contributed by atoms with Crippen molar-refractivity contribution in [3.05, 3.63) is 11.4 Å². The number of nitrogens with one attached hydrogen (secondary N) is 1. The molecule has 1 fully saturated rings. The molecule has 2 heterocycles. The van der Waals surface area contributed by atoms with Crippen LogP contribution in [0.15, 0.2) is 0 Å². The van der Waals surface area contributed by atoms with Gasteiger partial charge < -0.3 is 15.1 Å². The van der Waals surface area contributed by atoms with Gasteiger partial charge in [-0.1, -0.05) is 13.8 Å². The molecule has 0 saturated carbocycles. The molecule has 6 nitrogen and oxygen atoms in total. The molecule has 110 valence electrons. The second kappa shape index (κ2) is 5.64. The molecule has 20 heavy (non-hydrogen) atoms. The molecule has 1 saturated heterocycles. The maximum Gasteiger partial charge on any atom is 0.241 e. The van der Waals surface area contributed by atoms with Gasteiger partial charge >= 0.3 is 0 Å². The standard InChI is InChI=1S/C14H23N5O/c1-9(2)12-16-13(15-4)10(3)14(17-12)19-7-6-18(5)11(20)8-19/h9H,6-8H2,1-5H3,(H,15,16,17). The lowest BCUT2D eigenvalue weighted by molar-refractivity contribution is -0.129. The number of piperazine rings is 1. The number of carbonyl (C=O) groups excluding carboxylic acids is 1. The number of hydrogen-bond acceptors (Lipinski definition) is 5. The van der Waals surface area contributed by atoms with E-state index in [1.165, 1.54) is 0 Å². The Morgan fingerprint density at radius 2 is 1.95 bits per heavy atom. The first kappa shape index (κ1) is 14.6. The van der Waals surface area contributed by atoms with Gasteiger partial charge in [0.15, 0.2) is 0 Å². The Morgan fingerprint density at radius 3 is 2.50 bits per heavy atom. The van der Waals surface area contributed by atoms with E-state index in [1.807, 2.05) is 25.9 Å². The maximum absolute atomic E-state index is 11.9. The van der Waals surface area contributed by atoms with Crippen molar-refractivity contribution in [3.63, 3.8) is 0 Å². The van der Waals surface area contributed by atoms with Crippen LogP contribution in [0.1, 0.15) is 31.2 Å². The average Bonchev–Trinajstić information content (AvgIpc) is 2.42. The Morgan fingerprint density at radius 1 is 1.25 bits per heavy atom. The van der Waals surface area contributed by atoms with Gasteiger partial charge in [-0.15, -0.1) is 0 Å². The van der Waals surface area contributed by atoms with Crippen LogP contribution >= 0.6 is 0 Å². The van der Waals surface area contributed by atoms with Crippen molar-refractivity contribution in [3.8, 4) is 0 Å². The SMILES string of the molecule is CNc1nc(C(C)C)nc(N2CCN(C)C(=O)C2)c1C. The Bertz CT molecular complexity index is 515. The van der Waals surface area contributed by atoms with E-state index < -0.39 is 0 Å². The van der Waals surface area contributed by atoms with E-state index in [4.69, 9.17) is 0 Å². The molecule has 0 spiro atoms. The summed E-state index contributed by atoms with van der Waals surface area (Å²) in [5.74, 6) is 2.90. The van der Waals surface area contributed by atoms with Gasteiger partial charge in [0, 0.05) is 38.7 Å². The zero-order valence-corrected chi connectivity index (χ0v) is 12.9. The van der Waals surface area contributed by atoms with Crippen LogP contribution in [0.2, 0.25) is 0 Å². The normalized spacial score (nSPS) is 16.0. The van der Waals surface area contributed by atoms with Crippen LogP contribution in [-0.2, 0) is 4.79 Å². The zero-order valence-electron chi connectivity index (χ0n) is 12.9. The molecular weight excluding hydrogens is 254 g/mol. The molecule has 0 bridgehead atoms. The summed E-state index contributed by atoms with van der Waals surface area (Å²) in [6.45, 7) is 8.06. The topological polar surface area (TPSA) is 61.4 Å². The number of amides is 1. The summed E-state index contributed by atoms with van der Waals surface area (Å²) in [4.78, 5) is 24.9. The molecule has 2 rings (SSSR count). The molecule has 6 heteroatoms. The van der Waals surface area contributed by atoms with Crippen LogP contribution in [0, 0.1) is 6.92 Å². The Kier molecular flexibility index (Phi) is 4.11. The van der Waals surface area contributed by atoms with E-state index in [9.17, 15) is 4.79 Å². The van der Waals surface area contributed by atoms with E-state index in [0.717, 1.165) is 36.1 Å². The molecule has 1 N–H and O–H groups in total. The van der Waals surface area contributed by atoms with Crippen LogP contribution in [0.3, 0.4) is 0 Å². The molecule has 1 aliphatic rings. The smallest absolute Gasteiger partial charge is 0.241 e. The molecule has 1 amide bonds. The summed E-state index contributed by atoms with van der Waals surface area (Å²) in [6, 6.07) is 0. The van der Waals surface area contributed by atoms with Crippen molar-refractivity contribution in [2.45, 2.75) is 26.7 Å². The molecule has 0 aromatic carbocycles. The minimum absolute atomic E-state index is 0.131. The number of rotatable bonds is 3. The predicted molar refractivity (Wildman–Crippen MR) is 80.3 cm³/mol. The number of carbonyl (C=O) groups is 1. The number of nitrogens with zero attached hydrogens (tertiary/aromatic N) is 4. The molecule has 1 aliphatic heterocycles. The lowest BCUT2D eigenvalue weighted by atomic mass is 10.2. The third-order valence-electron chi connectivity index (χ3n) is 3.65. The predicted octanol–water partition coefficient (Wildman–Crippen LogP) is 1.23. The fourth-order valence-electron chi connectivity index (χ4n) is 2.27. The fraction of sp³-hybridized carbons (Fsp3) is 0.643. The number of hydrogen-bond donors (Lipinski definition) is 1. The van der Waals surface area contributed by atoms with Crippen molar-refractivity contribution in [2.75, 3.05) is 43.9 Å². The lowest BCUT2D eigenvalue weighted by Crippen LogP contribution is -2.49. The number of anilines is 2. The Balaban J connectivity index is 2.39. The summed E-state index contributed by atoms with van der Waals surface area (Å²) in [5.41, 5.74) is 0.995. The van der Waals surface area contributed by atoms with Gasteiger partial charge in [0.25, 0.3) is 0 Å². The second-order valence-electron chi connectivity index (χ2n) is 5.52. The van der Waals surface area contributed by atoms with E-state index in [2.05, 4.69) is 29.1 Å². The van der Waals surface area contributed by atoms with Crippen LogP contribution < -0.4 is 10.2 Å². The monoisotopic (exact) mass is 277 g/mol. The van der Waals surface area contributed by atoms with Gasteiger partial charge in [0.05, 0.1) is 6.54 Å². The summed E-state index contributed by atoms with van der Waals surface area (Å²) in [5, 5.41) is 3.12. The fourth-order valence-corrected chi connectivity index (χ4v) is 2.27. The van der Waals surface area contributed by atoms with E-state index in [0.29, 0.717) is 6.54 Å². The van der Waals surface area contributed by atoms with Crippen LogP contribution in [0.4, 0.5) is 11.6 Å². The van der Waals surface area contributed by atoms with Gasteiger partial charge in [0.1, 0.15) is 17.5 Å². The third-order valence-corrected chi connectivity index (χ3v) is 3.65. The lowest BCUT2D eigenvalue weighted by Gasteiger charge is -2.34. The molecule has 1 aromatic rings. The first-order valence-electron chi connectivity index (χ1n) is 6.99. The van der Waals surface area contributed by atoms with Crippen LogP contribution in [0.25, 0.3) is 0 Å². The first-order valence-corrected chi connectivity index (χ1v) is 6.99. The van der Waals surface area contributed by atoms with E-state index in [1.54, 1.807) is 4.90 Å². The maximum atomic E-state index is 11.9. The first-order chi connectivity index (χ1) is 9.43. The number of likely N-dealkylation sites (N-methyl/N-ethyl adjacent to an activating group) is 1. The van der Waals surface area contributed by atoms with Gasteiger partial charge in [-0.25, -0.2) is 9.97 Å². The molecule has 0 unspecified atom stereocenters. The zero-order chi connectivity index (χ0) is 14.9. The molecule has 1 aromatic heterocycles. The average molecular weight is 277 g/mol. The van der Waals surface area contributed by atoms with Crippen molar-refractivity contribution in [2.24, 2.45) is 0 Å². The quantitative estimate of drug-likeness (QED) is 0.900. The molecular formula is C14H23N5O. The van der Waals surface area contributed by atoms with Crippen molar-refractivity contribution in [1.29, 1.82) is 0 Å². The number of aromatic nitrogens is 2. The molecule has 0 aliphatic carbocycles. The Hall–Kier alpha value is -1.85. The van der Waals surface area contributed by atoms with Crippen molar-refractivity contribution >= 4 is 17.5 Å². The van der Waals surface area contributed by atoms with Gasteiger partial charge in [-0.05, 0) is 6.92 Å². The highest BCUT2D eigenvalue weighted by molar-refractivity contribution is 5.82. The summed E-state index contributed by atoms with van der Waals surface area (Å²) < 4.78 is 0. The van der Waals surface area contributed by atoms with Crippen LogP contribution in [-0.4, -0.2) is 54.5 Å². The third kappa shape index (κ3) is 2.69. The van der Waals surface area contributed by atoms with E-state index in [-0.39, 0.29) is 11.8 Å². The summed E-state index contributed by atoms with van der Waals surface area (Å²) >= 11 is 0. The van der Waals surface area contributed by atoms with Crippen LogP contribution in [0.5, 0.6) is 0 Å². The highest BCUT2D eigenvalue weighted by atomic mass is 16.2. The highest BCUT2D eigenvalue weighted by Gasteiger charge is 2.25. The van der Waals surface area contributed by atoms with Gasteiger partial charge in [0.2, 0.25) is 5.91 Å². The van der Waals surface area contributed by atoms with Gasteiger partial charge in [-0.3, -0.25) is 4.79 Å². The molecule has 0 atom stereocenters. The van der Waals surface area contributed by atoms with Crippen molar-refractivity contribution < 1.29 is 4.79 Å². The largest absolute Gasteiger partial charge is 0.373 e.